The van der Waals surface area contributed by atoms with Crippen molar-refractivity contribution in [2.75, 3.05) is 0 Å². The number of benzene rings is 2. The zero-order valence-electron chi connectivity index (χ0n) is 16.6. The van der Waals surface area contributed by atoms with E-state index in [0.717, 1.165) is 17.4 Å². The van der Waals surface area contributed by atoms with Gasteiger partial charge in [0.05, 0.1) is 0 Å². The summed E-state index contributed by atoms with van der Waals surface area (Å²) < 4.78 is 0. The Morgan fingerprint density at radius 2 is 1.34 bits per heavy atom. The summed E-state index contributed by atoms with van der Waals surface area (Å²) in [5.41, 5.74) is 11.6. The lowest BCUT2D eigenvalue weighted by molar-refractivity contribution is -0.113. The highest BCUT2D eigenvalue weighted by atomic mass is 16.3. The van der Waals surface area contributed by atoms with Crippen LogP contribution in [0.15, 0.2) is 60.2 Å². The summed E-state index contributed by atoms with van der Waals surface area (Å²) in [6, 6.07) is 16.1. The Kier molecular flexibility index (Phi) is 4.54. The third kappa shape index (κ3) is 3.50. The summed E-state index contributed by atoms with van der Waals surface area (Å²) in [4.78, 5) is 11.0. The Morgan fingerprint density at radius 1 is 0.828 bits per heavy atom. The van der Waals surface area contributed by atoms with E-state index >= 15 is 0 Å². The van der Waals surface area contributed by atoms with Crippen molar-refractivity contribution in [3.8, 4) is 5.75 Å². The molecule has 0 spiro atoms. The molecule has 0 saturated heterocycles. The molecule has 0 radical (unpaired) electrons. The van der Waals surface area contributed by atoms with E-state index in [4.69, 9.17) is 5.73 Å². The van der Waals surface area contributed by atoms with E-state index in [2.05, 4.69) is 12.1 Å². The van der Waals surface area contributed by atoms with Crippen molar-refractivity contribution in [1.29, 1.82) is 0 Å². The molecule has 0 unspecified atom stereocenters. The molecule has 3 nitrogen and oxygen atoms in total. The predicted octanol–water partition coefficient (Wildman–Crippen LogP) is 5.15. The quantitative estimate of drug-likeness (QED) is 0.715. The average Bonchev–Trinajstić information content (AvgIpc) is 2.70. The van der Waals surface area contributed by atoms with E-state index in [1.807, 2.05) is 24.3 Å². The van der Waals surface area contributed by atoms with Gasteiger partial charge in [0, 0.05) is 6.08 Å². The van der Waals surface area contributed by atoms with Crippen LogP contribution in [0.3, 0.4) is 0 Å². The highest BCUT2D eigenvalue weighted by Crippen LogP contribution is 2.58. The highest BCUT2D eigenvalue weighted by molar-refractivity contribution is 5.90. The number of rotatable bonds is 4. The van der Waals surface area contributed by atoms with Crippen LogP contribution in [0.2, 0.25) is 0 Å². The Hall–Kier alpha value is -2.81. The number of hydrogen-bond acceptors (Lipinski definition) is 2. The fourth-order valence-electron chi connectivity index (χ4n) is 6.17. The lowest BCUT2D eigenvalue weighted by Gasteiger charge is -2.52. The number of amides is 1. The van der Waals surface area contributed by atoms with Crippen molar-refractivity contribution >= 4 is 17.6 Å². The lowest BCUT2D eigenvalue weighted by Crippen LogP contribution is -2.40. The lowest BCUT2D eigenvalue weighted by atomic mass is 9.53. The Balaban J connectivity index is 1.60. The van der Waals surface area contributed by atoms with E-state index in [1.54, 1.807) is 23.8 Å². The van der Waals surface area contributed by atoms with Crippen molar-refractivity contribution in [2.24, 2.45) is 29.4 Å². The minimum absolute atomic E-state index is 0.301. The summed E-state index contributed by atoms with van der Waals surface area (Å²) in [6.07, 6.45) is 9.93. The van der Waals surface area contributed by atoms with Gasteiger partial charge in [-0.3, -0.25) is 4.79 Å². The molecule has 3 heteroatoms. The summed E-state index contributed by atoms with van der Waals surface area (Å²) in [7, 11) is 0. The van der Waals surface area contributed by atoms with Gasteiger partial charge in [0.1, 0.15) is 5.75 Å². The Morgan fingerprint density at radius 3 is 1.86 bits per heavy atom. The first-order valence-electron chi connectivity index (χ1n) is 10.7. The van der Waals surface area contributed by atoms with Gasteiger partial charge in [-0.05, 0) is 96.2 Å². The van der Waals surface area contributed by atoms with Crippen molar-refractivity contribution in [1.82, 2.24) is 0 Å². The Labute approximate surface area is 171 Å². The molecular weight excluding hydrogens is 358 g/mol. The number of phenolic OH excluding ortho intramolecular Hbond substituents is 1. The topological polar surface area (TPSA) is 63.3 Å². The minimum Gasteiger partial charge on any atom is -0.508 e. The van der Waals surface area contributed by atoms with Crippen LogP contribution in [-0.4, -0.2) is 11.0 Å². The van der Waals surface area contributed by atoms with Gasteiger partial charge in [-0.25, -0.2) is 0 Å². The maximum Gasteiger partial charge on any atom is 0.241 e. The van der Waals surface area contributed by atoms with Crippen LogP contribution in [0.25, 0.3) is 11.6 Å². The molecule has 148 valence electrons. The number of phenols is 1. The summed E-state index contributed by atoms with van der Waals surface area (Å²) >= 11 is 0. The molecule has 0 aliphatic heterocycles. The van der Waals surface area contributed by atoms with Gasteiger partial charge < -0.3 is 10.8 Å². The average molecular weight is 386 g/mol. The molecule has 4 saturated carbocycles. The van der Waals surface area contributed by atoms with Gasteiger partial charge in [0.15, 0.2) is 0 Å². The van der Waals surface area contributed by atoms with Gasteiger partial charge in [-0.2, -0.15) is 0 Å². The third-order valence-corrected chi connectivity index (χ3v) is 7.10. The first-order valence-corrected chi connectivity index (χ1v) is 10.7. The molecule has 0 atom stereocenters. The second-order valence-electron chi connectivity index (χ2n) is 9.04. The number of primary amides is 1. The van der Waals surface area contributed by atoms with Crippen molar-refractivity contribution in [3.63, 3.8) is 0 Å². The normalized spacial score (nSPS) is 27.5. The first-order chi connectivity index (χ1) is 14.1. The molecular formula is C26H27NO2. The zero-order valence-corrected chi connectivity index (χ0v) is 16.6. The molecule has 1 amide bonds. The van der Waals surface area contributed by atoms with Crippen LogP contribution in [-0.2, 0) is 4.79 Å². The minimum atomic E-state index is -0.436. The number of allylic oxidation sites excluding steroid dienone is 1. The van der Waals surface area contributed by atoms with Gasteiger partial charge in [0.25, 0.3) is 0 Å². The SMILES string of the molecule is NC(=O)/C=C/c1ccc(C(=C2C3CC4CC(C3)CC2C4)c2ccc(O)cc2)cc1. The van der Waals surface area contributed by atoms with Crippen molar-refractivity contribution < 1.29 is 9.90 Å². The van der Waals surface area contributed by atoms with E-state index < -0.39 is 5.91 Å². The fraction of sp³-hybridized carbons (Fsp3) is 0.346. The molecule has 2 aromatic carbocycles. The molecule has 4 aliphatic rings. The molecule has 2 aromatic rings. The molecule has 0 heterocycles. The highest BCUT2D eigenvalue weighted by Gasteiger charge is 2.46. The third-order valence-electron chi connectivity index (χ3n) is 7.10. The molecule has 4 fully saturated rings. The van der Waals surface area contributed by atoms with E-state index in [9.17, 15) is 9.90 Å². The van der Waals surface area contributed by atoms with Crippen molar-refractivity contribution in [2.45, 2.75) is 32.1 Å². The van der Waals surface area contributed by atoms with Gasteiger partial charge in [0.2, 0.25) is 5.91 Å². The van der Waals surface area contributed by atoms with Gasteiger partial charge in [-0.15, -0.1) is 0 Å². The second-order valence-corrected chi connectivity index (χ2v) is 9.04. The Bertz CT molecular complexity index is 952. The van der Waals surface area contributed by atoms with Crippen LogP contribution in [0.1, 0.15) is 48.8 Å². The summed E-state index contributed by atoms with van der Waals surface area (Å²) in [6.45, 7) is 0. The van der Waals surface area contributed by atoms with Crippen LogP contribution >= 0.6 is 0 Å². The molecule has 6 rings (SSSR count). The maximum atomic E-state index is 11.0. The fourth-order valence-corrected chi connectivity index (χ4v) is 6.17. The zero-order chi connectivity index (χ0) is 20.0. The molecule has 3 N–H and O–H groups in total. The second kappa shape index (κ2) is 7.22. The maximum absolute atomic E-state index is 11.0. The largest absolute Gasteiger partial charge is 0.508 e. The van der Waals surface area contributed by atoms with E-state index in [1.165, 1.54) is 54.9 Å². The number of nitrogens with two attached hydrogens (primary N) is 1. The first kappa shape index (κ1) is 18.2. The molecule has 29 heavy (non-hydrogen) atoms. The predicted molar refractivity (Wildman–Crippen MR) is 116 cm³/mol. The monoisotopic (exact) mass is 385 g/mol. The number of carbonyl (C=O) groups excluding carboxylic acids is 1. The standard InChI is InChI=1S/C26H27NO2/c27-24(29)10-3-16-1-4-19(5-2-16)25(20-6-8-23(28)9-7-20)26-21-12-17-11-18(14-21)15-22(26)13-17/h1-10,17-18,21-22,28H,11-15H2,(H2,27,29)/b10-3+,26-25?. The van der Waals surface area contributed by atoms with E-state index in [0.29, 0.717) is 17.6 Å². The van der Waals surface area contributed by atoms with Crippen LogP contribution in [0.5, 0.6) is 5.75 Å². The van der Waals surface area contributed by atoms with Gasteiger partial charge >= 0.3 is 0 Å². The number of aromatic hydroxyl groups is 1. The smallest absolute Gasteiger partial charge is 0.241 e. The molecule has 4 aliphatic carbocycles. The summed E-state index contributed by atoms with van der Waals surface area (Å²) in [5.74, 6) is 3.10. The summed E-state index contributed by atoms with van der Waals surface area (Å²) in [5, 5.41) is 9.80. The van der Waals surface area contributed by atoms with Crippen molar-refractivity contribution in [3.05, 3.63) is 76.9 Å². The van der Waals surface area contributed by atoms with Crippen LogP contribution < -0.4 is 5.73 Å². The molecule has 0 aromatic heterocycles. The number of hydrogen-bond donors (Lipinski definition) is 2. The molecule has 4 bridgehead atoms. The number of carbonyl (C=O) groups is 1. The van der Waals surface area contributed by atoms with E-state index in [-0.39, 0.29) is 0 Å². The van der Waals surface area contributed by atoms with Crippen LogP contribution in [0.4, 0.5) is 0 Å². The van der Waals surface area contributed by atoms with Gasteiger partial charge in [-0.1, -0.05) is 42.0 Å². The van der Waals surface area contributed by atoms with Crippen LogP contribution in [0, 0.1) is 23.7 Å².